The van der Waals surface area contributed by atoms with Gasteiger partial charge in [0.15, 0.2) is 0 Å². The molecule has 0 saturated carbocycles. The zero-order valence-electron chi connectivity index (χ0n) is 9.84. The molecule has 102 valence electrons. The molecule has 1 aromatic carbocycles. The fourth-order valence-electron chi connectivity index (χ4n) is 1.36. The molecule has 0 heterocycles. The molecule has 0 aliphatic carbocycles. The summed E-state index contributed by atoms with van der Waals surface area (Å²) in [6.45, 7) is 1.77. The van der Waals surface area contributed by atoms with Crippen molar-refractivity contribution < 1.29 is 17.2 Å². The molecule has 1 aromatic rings. The van der Waals surface area contributed by atoms with E-state index < -0.39 is 21.5 Å². The first-order chi connectivity index (χ1) is 8.35. The molecule has 3 nitrogen and oxygen atoms in total. The van der Waals surface area contributed by atoms with Gasteiger partial charge in [0.25, 0.3) is 0 Å². The van der Waals surface area contributed by atoms with Crippen molar-refractivity contribution >= 4 is 31.5 Å². The molecule has 1 rings (SSSR count). The normalized spacial score (nSPS) is 11.6. The zero-order chi connectivity index (χ0) is 13.8. The van der Waals surface area contributed by atoms with Crippen molar-refractivity contribution in [1.29, 1.82) is 0 Å². The van der Waals surface area contributed by atoms with Gasteiger partial charge in [-0.05, 0) is 18.6 Å². The molecule has 0 unspecified atom stereocenters. The highest BCUT2D eigenvalue weighted by Gasteiger charge is 2.11. The van der Waals surface area contributed by atoms with Crippen molar-refractivity contribution in [3.05, 3.63) is 28.2 Å². The van der Waals surface area contributed by atoms with Crippen LogP contribution < -0.4 is 5.32 Å². The summed E-state index contributed by atoms with van der Waals surface area (Å²) in [7, 11) is -3.04. The van der Waals surface area contributed by atoms with E-state index in [4.69, 9.17) is 0 Å². The second-order valence-electron chi connectivity index (χ2n) is 3.76. The minimum absolute atomic E-state index is 0.0102. The second kappa shape index (κ2) is 6.47. The summed E-state index contributed by atoms with van der Waals surface area (Å²) in [5.41, 5.74) is -0.230. The Morgan fingerprint density at radius 2 is 1.83 bits per heavy atom. The molecular weight excluding hydrogens is 328 g/mol. The van der Waals surface area contributed by atoms with E-state index in [-0.39, 0.29) is 23.7 Å². The molecule has 0 saturated heterocycles. The molecule has 1 N–H and O–H groups in total. The second-order valence-corrected chi connectivity index (χ2v) is 7.15. The highest BCUT2D eigenvalue weighted by atomic mass is 79.9. The molecule has 18 heavy (non-hydrogen) atoms. The van der Waals surface area contributed by atoms with Crippen LogP contribution in [0.25, 0.3) is 0 Å². The monoisotopic (exact) mass is 341 g/mol. The molecule has 0 atom stereocenters. The van der Waals surface area contributed by atoms with Crippen molar-refractivity contribution in [3.63, 3.8) is 0 Å². The molecule has 7 heteroatoms. The van der Waals surface area contributed by atoms with E-state index in [1.165, 1.54) is 0 Å². The number of hydrogen-bond acceptors (Lipinski definition) is 3. The summed E-state index contributed by atoms with van der Waals surface area (Å²) in [4.78, 5) is 0. The van der Waals surface area contributed by atoms with Crippen molar-refractivity contribution in [3.8, 4) is 0 Å². The molecular formula is C11H14BrF2NO2S. The van der Waals surface area contributed by atoms with Gasteiger partial charge in [0, 0.05) is 16.8 Å². The van der Waals surface area contributed by atoms with Crippen LogP contribution >= 0.6 is 15.9 Å². The maximum absolute atomic E-state index is 13.4. The summed E-state index contributed by atoms with van der Waals surface area (Å²) in [5, 5.41) is 2.57. The molecule has 0 bridgehead atoms. The van der Waals surface area contributed by atoms with E-state index in [9.17, 15) is 17.2 Å². The van der Waals surface area contributed by atoms with E-state index in [1.54, 1.807) is 6.92 Å². The summed E-state index contributed by atoms with van der Waals surface area (Å²) in [5.74, 6) is -1.33. The fraction of sp³-hybridized carbons (Fsp3) is 0.455. The third kappa shape index (κ3) is 4.53. The Balaban J connectivity index is 2.55. The minimum Gasteiger partial charge on any atom is -0.380 e. The number of hydrogen-bond donors (Lipinski definition) is 1. The Bertz CT molecular complexity index is 497. The highest BCUT2D eigenvalue weighted by Crippen LogP contribution is 2.23. The van der Waals surface area contributed by atoms with E-state index in [2.05, 4.69) is 21.2 Å². The third-order valence-electron chi connectivity index (χ3n) is 2.38. The fourth-order valence-corrected chi connectivity index (χ4v) is 2.64. The van der Waals surface area contributed by atoms with Crippen LogP contribution in [-0.2, 0) is 9.84 Å². The molecule has 0 spiro atoms. The van der Waals surface area contributed by atoms with Crippen LogP contribution in [0.15, 0.2) is 16.6 Å². The van der Waals surface area contributed by atoms with Crippen LogP contribution in [0.3, 0.4) is 0 Å². The Hall–Kier alpha value is -0.690. The first-order valence-corrected chi connectivity index (χ1v) is 8.06. The van der Waals surface area contributed by atoms with Gasteiger partial charge in [-0.15, -0.1) is 0 Å². The zero-order valence-corrected chi connectivity index (χ0v) is 12.2. The predicted molar refractivity (Wildman–Crippen MR) is 71.5 cm³/mol. The van der Waals surface area contributed by atoms with Crippen LogP contribution in [0.4, 0.5) is 14.5 Å². The van der Waals surface area contributed by atoms with Crippen LogP contribution in [0.2, 0.25) is 0 Å². The lowest BCUT2D eigenvalue weighted by molar-refractivity contribution is 0.585. The third-order valence-corrected chi connectivity index (χ3v) is 4.63. The topological polar surface area (TPSA) is 46.2 Å². The quantitative estimate of drug-likeness (QED) is 0.809. The number of benzene rings is 1. The van der Waals surface area contributed by atoms with Crippen molar-refractivity contribution in [2.24, 2.45) is 0 Å². The van der Waals surface area contributed by atoms with Gasteiger partial charge in [0.05, 0.1) is 5.75 Å². The minimum atomic E-state index is -3.04. The number of sulfone groups is 1. The maximum Gasteiger partial charge on any atom is 0.150 e. The summed E-state index contributed by atoms with van der Waals surface area (Å²) in [6, 6.07) is 2.29. The van der Waals surface area contributed by atoms with Gasteiger partial charge >= 0.3 is 0 Å². The first-order valence-electron chi connectivity index (χ1n) is 5.44. The van der Waals surface area contributed by atoms with Crippen molar-refractivity contribution in [2.75, 3.05) is 23.4 Å². The first kappa shape index (κ1) is 15.4. The smallest absolute Gasteiger partial charge is 0.150 e. The average molecular weight is 342 g/mol. The Morgan fingerprint density at radius 1 is 1.28 bits per heavy atom. The average Bonchev–Trinajstić information content (AvgIpc) is 2.26. The number of rotatable bonds is 6. The molecule has 0 amide bonds. The summed E-state index contributed by atoms with van der Waals surface area (Å²) in [6.07, 6.45) is 0.311. The van der Waals surface area contributed by atoms with E-state index in [0.717, 1.165) is 12.1 Å². The van der Waals surface area contributed by atoms with Gasteiger partial charge in [0.2, 0.25) is 0 Å². The molecule has 0 radical (unpaired) electrons. The Labute approximate surface area is 114 Å². The van der Waals surface area contributed by atoms with Crippen molar-refractivity contribution in [1.82, 2.24) is 0 Å². The lowest BCUT2D eigenvalue weighted by atomic mass is 10.3. The molecule has 0 aliphatic rings. The molecule has 0 fully saturated rings. The lowest BCUT2D eigenvalue weighted by Crippen LogP contribution is -2.14. The number of anilines is 1. The van der Waals surface area contributed by atoms with E-state index in [1.807, 2.05) is 0 Å². The highest BCUT2D eigenvalue weighted by molar-refractivity contribution is 9.10. The van der Waals surface area contributed by atoms with Gasteiger partial charge in [0.1, 0.15) is 27.2 Å². The summed E-state index contributed by atoms with van der Waals surface area (Å²) >= 11 is 2.98. The molecule has 0 aromatic heterocycles. The Morgan fingerprint density at radius 3 is 2.33 bits per heavy atom. The van der Waals surface area contributed by atoms with Crippen LogP contribution in [0.5, 0.6) is 0 Å². The van der Waals surface area contributed by atoms with Gasteiger partial charge in [-0.2, -0.15) is 0 Å². The largest absolute Gasteiger partial charge is 0.380 e. The Kier molecular flexibility index (Phi) is 5.52. The van der Waals surface area contributed by atoms with E-state index in [0.29, 0.717) is 10.9 Å². The van der Waals surface area contributed by atoms with Gasteiger partial charge in [-0.3, -0.25) is 0 Å². The van der Waals surface area contributed by atoms with Gasteiger partial charge in [-0.1, -0.05) is 22.9 Å². The predicted octanol–water partition coefficient (Wildman–Crippen LogP) is 2.96. The van der Waals surface area contributed by atoms with Gasteiger partial charge in [-0.25, -0.2) is 17.2 Å². The van der Waals surface area contributed by atoms with Crippen LogP contribution in [0.1, 0.15) is 13.3 Å². The lowest BCUT2D eigenvalue weighted by Gasteiger charge is -2.09. The SMILES string of the molecule is CCS(=O)(=O)CCCNc1c(F)cc(Br)cc1F. The molecule has 0 aliphatic heterocycles. The van der Waals surface area contributed by atoms with E-state index >= 15 is 0 Å². The number of nitrogens with one attached hydrogen (secondary N) is 1. The standard InChI is InChI=1S/C11H14BrF2NO2S/c1-2-18(16,17)5-3-4-15-11-9(13)6-8(12)7-10(11)14/h6-7,15H,2-5H2,1H3. The number of halogens is 3. The maximum atomic E-state index is 13.4. The van der Waals surface area contributed by atoms with Crippen LogP contribution in [-0.4, -0.2) is 26.5 Å². The summed E-state index contributed by atoms with van der Waals surface area (Å²) < 4.78 is 49.5. The van der Waals surface area contributed by atoms with Crippen molar-refractivity contribution in [2.45, 2.75) is 13.3 Å². The van der Waals surface area contributed by atoms with Gasteiger partial charge < -0.3 is 5.32 Å². The van der Waals surface area contributed by atoms with Crippen LogP contribution in [0, 0.1) is 11.6 Å².